The SMILES string of the molecule is Cc1ccc2nc(N3C(=O)C(=O)/C(=C(/O)c4c[nH]c5ccccc45)C3c3ccc(OC(C)C)cc3)[nH]c2c1. The molecule has 0 bridgehead atoms. The number of aliphatic hydroxyl groups is 1. The number of anilines is 1. The maximum Gasteiger partial charge on any atom is 0.302 e. The van der Waals surface area contributed by atoms with Crippen molar-refractivity contribution in [3.05, 3.63) is 95.2 Å². The predicted molar refractivity (Wildman–Crippen MR) is 146 cm³/mol. The molecule has 0 spiro atoms. The van der Waals surface area contributed by atoms with Gasteiger partial charge in [0.15, 0.2) is 0 Å². The molecule has 3 heterocycles. The number of aliphatic hydroxyl groups excluding tert-OH is 1. The minimum atomic E-state index is -0.904. The molecule has 3 N–H and O–H groups in total. The highest BCUT2D eigenvalue weighted by Crippen LogP contribution is 2.43. The number of ketones is 1. The van der Waals surface area contributed by atoms with Gasteiger partial charge in [-0.2, -0.15) is 0 Å². The van der Waals surface area contributed by atoms with Crippen LogP contribution in [0.4, 0.5) is 5.95 Å². The summed E-state index contributed by atoms with van der Waals surface area (Å²) in [6.07, 6.45) is 1.64. The number of carbonyl (C=O) groups excluding carboxylic acids is 2. The lowest BCUT2D eigenvalue weighted by Crippen LogP contribution is -2.30. The number of nitrogens with zero attached hydrogens (tertiary/aromatic N) is 2. The summed E-state index contributed by atoms with van der Waals surface area (Å²) < 4.78 is 5.79. The van der Waals surface area contributed by atoms with Crippen LogP contribution in [0.1, 0.15) is 36.6 Å². The predicted octanol–water partition coefficient (Wildman–Crippen LogP) is 5.77. The van der Waals surface area contributed by atoms with Gasteiger partial charge in [-0.25, -0.2) is 4.98 Å². The van der Waals surface area contributed by atoms with Crippen LogP contribution < -0.4 is 9.64 Å². The number of nitrogens with one attached hydrogen (secondary N) is 2. The van der Waals surface area contributed by atoms with Crippen molar-refractivity contribution in [2.24, 2.45) is 0 Å². The zero-order valence-corrected chi connectivity index (χ0v) is 21.1. The van der Waals surface area contributed by atoms with Crippen molar-refractivity contribution in [2.75, 3.05) is 4.90 Å². The summed E-state index contributed by atoms with van der Waals surface area (Å²) in [5.74, 6) is -0.899. The third-order valence-electron chi connectivity index (χ3n) is 6.71. The molecule has 1 unspecified atom stereocenters. The number of hydrogen-bond acceptors (Lipinski definition) is 5. The van der Waals surface area contributed by atoms with Crippen molar-refractivity contribution < 1.29 is 19.4 Å². The molecule has 0 aliphatic carbocycles. The van der Waals surface area contributed by atoms with Crippen molar-refractivity contribution in [1.29, 1.82) is 0 Å². The molecule has 3 aromatic carbocycles. The molecule has 38 heavy (non-hydrogen) atoms. The number of ether oxygens (including phenoxy) is 1. The van der Waals surface area contributed by atoms with Gasteiger partial charge >= 0.3 is 5.91 Å². The Bertz CT molecular complexity index is 1740. The van der Waals surface area contributed by atoms with Crippen LogP contribution in [0.25, 0.3) is 27.7 Å². The first kappa shape index (κ1) is 23.5. The van der Waals surface area contributed by atoms with E-state index in [-0.39, 0.29) is 23.4 Å². The molecule has 8 heteroatoms. The lowest BCUT2D eigenvalue weighted by atomic mass is 9.95. The number of H-pyrrole nitrogens is 2. The first-order chi connectivity index (χ1) is 18.3. The molecule has 190 valence electrons. The first-order valence-corrected chi connectivity index (χ1v) is 12.4. The number of aromatic amines is 2. The fourth-order valence-corrected chi connectivity index (χ4v) is 5.00. The first-order valence-electron chi connectivity index (χ1n) is 12.4. The van der Waals surface area contributed by atoms with E-state index in [1.165, 1.54) is 4.90 Å². The monoisotopic (exact) mass is 506 g/mol. The minimum absolute atomic E-state index is 0.00563. The van der Waals surface area contributed by atoms with Crippen LogP contribution in [-0.4, -0.2) is 37.9 Å². The standard InChI is InChI=1S/C30H26N4O4/c1-16(2)38-19-11-9-18(10-12-19)26-25(27(35)21-15-31-22-7-5-4-6-20(21)22)28(36)29(37)34(26)30-32-23-13-8-17(3)14-24(23)33-30/h4-16,26,31,35H,1-3H3,(H,32,33)/b27-25+. The third kappa shape index (κ3) is 3.82. The van der Waals surface area contributed by atoms with E-state index in [1.54, 1.807) is 30.5 Å². The molecule has 1 aliphatic heterocycles. The van der Waals surface area contributed by atoms with Gasteiger partial charge in [-0.15, -0.1) is 0 Å². The number of Topliss-reactive ketones (excluding diaryl/α,β-unsaturated/α-hetero) is 1. The topological polar surface area (TPSA) is 111 Å². The second-order valence-electron chi connectivity index (χ2n) is 9.73. The summed E-state index contributed by atoms with van der Waals surface area (Å²) in [6, 6.07) is 19.5. The summed E-state index contributed by atoms with van der Waals surface area (Å²) in [5, 5.41) is 12.3. The van der Waals surface area contributed by atoms with Gasteiger partial charge in [-0.3, -0.25) is 14.5 Å². The average Bonchev–Trinajstić information content (AvgIpc) is 3.58. The van der Waals surface area contributed by atoms with Gasteiger partial charge < -0.3 is 19.8 Å². The molecule has 1 atom stereocenters. The summed E-state index contributed by atoms with van der Waals surface area (Å²) in [7, 11) is 0. The van der Waals surface area contributed by atoms with Gasteiger partial charge in [-0.05, 0) is 62.2 Å². The van der Waals surface area contributed by atoms with Gasteiger partial charge in [-0.1, -0.05) is 36.4 Å². The van der Waals surface area contributed by atoms with Crippen LogP contribution >= 0.6 is 0 Å². The lowest BCUT2D eigenvalue weighted by molar-refractivity contribution is -0.132. The van der Waals surface area contributed by atoms with Gasteiger partial charge in [0.25, 0.3) is 5.78 Å². The highest BCUT2D eigenvalue weighted by molar-refractivity contribution is 6.51. The number of carbonyl (C=O) groups is 2. The van der Waals surface area contributed by atoms with Crippen molar-refractivity contribution in [2.45, 2.75) is 32.9 Å². The molecule has 1 aliphatic rings. The molecular weight excluding hydrogens is 480 g/mol. The summed E-state index contributed by atoms with van der Waals surface area (Å²) in [6.45, 7) is 5.84. The summed E-state index contributed by atoms with van der Waals surface area (Å²) in [4.78, 5) is 39.3. The fourth-order valence-electron chi connectivity index (χ4n) is 5.00. The van der Waals surface area contributed by atoms with Crippen LogP contribution in [0.3, 0.4) is 0 Å². The van der Waals surface area contributed by atoms with E-state index < -0.39 is 17.7 Å². The number of imidazole rings is 1. The maximum atomic E-state index is 13.5. The van der Waals surface area contributed by atoms with Crippen molar-refractivity contribution in [3.8, 4) is 5.75 Å². The Balaban J connectivity index is 1.55. The second-order valence-corrected chi connectivity index (χ2v) is 9.73. The Labute approximate surface area is 218 Å². The van der Waals surface area contributed by atoms with Gasteiger partial charge in [0.05, 0.1) is 28.8 Å². The largest absolute Gasteiger partial charge is 0.507 e. The van der Waals surface area contributed by atoms with Crippen molar-refractivity contribution in [1.82, 2.24) is 15.0 Å². The number of fused-ring (bicyclic) bond motifs is 2. The Kier molecular flexibility index (Phi) is 5.52. The van der Waals surface area contributed by atoms with Crippen molar-refractivity contribution >= 4 is 45.3 Å². The molecule has 1 fully saturated rings. The normalized spacial score (nSPS) is 17.3. The molecule has 5 aromatic rings. The summed E-state index contributed by atoms with van der Waals surface area (Å²) in [5.41, 5.74) is 4.34. The van der Waals surface area contributed by atoms with E-state index in [1.807, 2.05) is 63.2 Å². The Morgan fingerprint density at radius 3 is 2.55 bits per heavy atom. The van der Waals surface area contributed by atoms with Gasteiger partial charge in [0.1, 0.15) is 11.5 Å². The third-order valence-corrected chi connectivity index (χ3v) is 6.71. The van der Waals surface area contributed by atoms with E-state index >= 15 is 0 Å². The zero-order chi connectivity index (χ0) is 26.6. The second kappa shape index (κ2) is 8.92. The maximum absolute atomic E-state index is 13.5. The van der Waals surface area contributed by atoms with Crippen LogP contribution in [0.15, 0.2) is 78.5 Å². The van der Waals surface area contributed by atoms with Crippen LogP contribution in [0.2, 0.25) is 0 Å². The number of benzene rings is 3. The number of hydrogen-bond donors (Lipinski definition) is 3. The molecule has 2 aromatic heterocycles. The Morgan fingerprint density at radius 1 is 1.03 bits per heavy atom. The zero-order valence-electron chi connectivity index (χ0n) is 21.1. The molecule has 8 nitrogen and oxygen atoms in total. The number of rotatable bonds is 5. The van der Waals surface area contributed by atoms with Crippen LogP contribution in [0.5, 0.6) is 5.75 Å². The minimum Gasteiger partial charge on any atom is -0.507 e. The van der Waals surface area contributed by atoms with Crippen molar-refractivity contribution in [3.63, 3.8) is 0 Å². The van der Waals surface area contributed by atoms with Gasteiger partial charge in [0.2, 0.25) is 5.95 Å². The Morgan fingerprint density at radius 2 is 1.79 bits per heavy atom. The lowest BCUT2D eigenvalue weighted by Gasteiger charge is -2.23. The molecule has 0 radical (unpaired) electrons. The van der Waals surface area contributed by atoms with E-state index in [0.717, 1.165) is 22.0 Å². The smallest absolute Gasteiger partial charge is 0.302 e. The molecule has 6 rings (SSSR count). The van der Waals surface area contributed by atoms with Crippen LogP contribution in [0, 0.1) is 6.92 Å². The Hall–Kier alpha value is -4.85. The quantitative estimate of drug-likeness (QED) is 0.159. The van der Waals surface area contributed by atoms with Gasteiger partial charge in [0, 0.05) is 22.7 Å². The number of aryl methyl sites for hydroxylation is 1. The summed E-state index contributed by atoms with van der Waals surface area (Å²) >= 11 is 0. The average molecular weight is 507 g/mol. The van der Waals surface area contributed by atoms with E-state index in [9.17, 15) is 14.7 Å². The number of para-hydroxylation sites is 1. The number of aromatic nitrogens is 3. The molecule has 1 saturated heterocycles. The molecule has 0 saturated carbocycles. The molecule has 1 amide bonds. The fraction of sp³-hybridized carbons (Fsp3) is 0.167. The van der Waals surface area contributed by atoms with Crippen LogP contribution in [-0.2, 0) is 9.59 Å². The van der Waals surface area contributed by atoms with E-state index in [4.69, 9.17) is 4.74 Å². The highest BCUT2D eigenvalue weighted by Gasteiger charge is 2.48. The van der Waals surface area contributed by atoms with E-state index in [0.29, 0.717) is 22.4 Å². The number of amides is 1. The highest BCUT2D eigenvalue weighted by atomic mass is 16.5. The molecular formula is C30H26N4O4. The van der Waals surface area contributed by atoms with E-state index in [2.05, 4.69) is 15.0 Å².